The molecule has 0 aliphatic heterocycles. The lowest BCUT2D eigenvalue weighted by molar-refractivity contribution is 0.209. The topological polar surface area (TPSA) is 20.2 Å². The lowest BCUT2D eigenvalue weighted by Gasteiger charge is -2.18. The van der Waals surface area contributed by atoms with Crippen molar-refractivity contribution < 1.29 is 5.11 Å². The van der Waals surface area contributed by atoms with Gasteiger partial charge in [0.05, 0.1) is 0 Å². The van der Waals surface area contributed by atoms with Crippen molar-refractivity contribution in [2.75, 3.05) is 0 Å². The van der Waals surface area contributed by atoms with Gasteiger partial charge in [-0.25, -0.2) is 0 Å². The van der Waals surface area contributed by atoms with Gasteiger partial charge in [-0.05, 0) is 55.0 Å². The van der Waals surface area contributed by atoms with Crippen LogP contribution in [0.2, 0.25) is 0 Å². The van der Waals surface area contributed by atoms with E-state index in [1.165, 1.54) is 31.3 Å². The van der Waals surface area contributed by atoms with Gasteiger partial charge < -0.3 is 5.11 Å². The first-order valence-corrected chi connectivity index (χ1v) is 8.08. The lowest BCUT2D eigenvalue weighted by Crippen LogP contribution is -2.03. The Morgan fingerprint density at radius 2 is 1.61 bits per heavy atom. The van der Waals surface area contributed by atoms with Crippen molar-refractivity contribution in [3.8, 4) is 0 Å². The largest absolute Gasteiger partial charge is 0.384 e. The van der Waals surface area contributed by atoms with Crippen molar-refractivity contribution >= 4 is 31.9 Å². The molecule has 0 radical (unpaired) electrons. The molecule has 2 rings (SSSR count). The van der Waals surface area contributed by atoms with Crippen LogP contribution in [0.1, 0.15) is 50.2 Å². The second kappa shape index (κ2) is 6.88. The summed E-state index contributed by atoms with van der Waals surface area (Å²) in [7, 11) is 0. The quantitative estimate of drug-likeness (QED) is 0.676. The number of halogens is 2. The van der Waals surface area contributed by atoms with Gasteiger partial charge in [0, 0.05) is 8.95 Å². The molecule has 98 valence electrons. The number of hydrogen-bond acceptors (Lipinski definition) is 1. The highest BCUT2D eigenvalue weighted by Crippen LogP contribution is 2.31. The third kappa shape index (κ3) is 3.94. The fraction of sp³-hybridized carbons (Fsp3) is 0.467. The third-order valence-electron chi connectivity index (χ3n) is 3.38. The molecule has 0 heterocycles. The first kappa shape index (κ1) is 14.3. The van der Waals surface area contributed by atoms with Crippen LogP contribution in [-0.4, -0.2) is 5.11 Å². The van der Waals surface area contributed by atoms with Gasteiger partial charge in [0.25, 0.3) is 0 Å². The maximum Gasteiger partial charge on any atom is 0.100 e. The van der Waals surface area contributed by atoms with Crippen LogP contribution in [0.3, 0.4) is 0 Å². The number of allylic oxidation sites excluding steroid dienone is 1. The van der Waals surface area contributed by atoms with E-state index in [1.807, 2.05) is 18.2 Å². The summed E-state index contributed by atoms with van der Waals surface area (Å²) in [5.41, 5.74) is 2.14. The van der Waals surface area contributed by atoms with E-state index in [9.17, 15) is 5.11 Å². The molecule has 0 aromatic heterocycles. The Morgan fingerprint density at radius 3 is 2.33 bits per heavy atom. The molecule has 1 nitrogen and oxygen atoms in total. The van der Waals surface area contributed by atoms with E-state index in [1.54, 1.807) is 0 Å². The summed E-state index contributed by atoms with van der Waals surface area (Å²) in [6, 6.07) is 5.98. The SMILES string of the molecule is OC(/C1=C/CCCCCC1)c1cc(Br)cc(Br)c1. The Hall–Kier alpha value is -0.120. The highest BCUT2D eigenvalue weighted by Gasteiger charge is 2.15. The molecule has 1 aromatic rings. The molecule has 1 aromatic carbocycles. The number of benzene rings is 1. The number of aliphatic hydroxyl groups is 1. The molecule has 1 unspecified atom stereocenters. The summed E-state index contributed by atoms with van der Waals surface area (Å²) in [4.78, 5) is 0. The van der Waals surface area contributed by atoms with Crippen LogP contribution in [0.4, 0.5) is 0 Å². The van der Waals surface area contributed by atoms with E-state index in [4.69, 9.17) is 0 Å². The molecule has 1 aliphatic rings. The predicted molar refractivity (Wildman–Crippen MR) is 82.6 cm³/mol. The van der Waals surface area contributed by atoms with Gasteiger partial charge in [-0.1, -0.05) is 50.8 Å². The van der Waals surface area contributed by atoms with E-state index < -0.39 is 6.10 Å². The standard InChI is InChI=1S/C15H18Br2O/c16-13-8-12(9-14(17)10-13)15(18)11-6-4-2-1-3-5-7-11/h6,8-10,15,18H,1-5,7H2/b11-6+. The highest BCUT2D eigenvalue weighted by atomic mass is 79.9. The van der Waals surface area contributed by atoms with E-state index in [2.05, 4.69) is 37.9 Å². The predicted octanol–water partition coefficient (Wildman–Crippen LogP) is 5.53. The van der Waals surface area contributed by atoms with Gasteiger partial charge in [-0.15, -0.1) is 0 Å². The maximum absolute atomic E-state index is 10.5. The summed E-state index contributed by atoms with van der Waals surface area (Å²) in [5, 5.41) is 10.5. The molecule has 0 bridgehead atoms. The first-order valence-electron chi connectivity index (χ1n) is 6.50. The van der Waals surface area contributed by atoms with Crippen LogP contribution in [0, 0.1) is 0 Å². The Morgan fingerprint density at radius 1 is 0.944 bits per heavy atom. The van der Waals surface area contributed by atoms with E-state index >= 15 is 0 Å². The van der Waals surface area contributed by atoms with Gasteiger partial charge in [0.15, 0.2) is 0 Å². The van der Waals surface area contributed by atoms with E-state index in [0.717, 1.165) is 27.4 Å². The monoisotopic (exact) mass is 372 g/mol. The molecule has 0 saturated heterocycles. The van der Waals surface area contributed by atoms with E-state index in [0.29, 0.717) is 0 Å². The molecule has 0 spiro atoms. The zero-order valence-electron chi connectivity index (χ0n) is 10.3. The molecule has 0 amide bonds. The van der Waals surface area contributed by atoms with Gasteiger partial charge in [-0.3, -0.25) is 0 Å². The van der Waals surface area contributed by atoms with Crippen molar-refractivity contribution in [3.05, 3.63) is 44.4 Å². The molecular formula is C15H18Br2O. The van der Waals surface area contributed by atoms with Crippen molar-refractivity contribution in [1.82, 2.24) is 0 Å². The third-order valence-corrected chi connectivity index (χ3v) is 4.29. The summed E-state index contributed by atoms with van der Waals surface area (Å²) in [6.07, 6.45) is 8.94. The smallest absolute Gasteiger partial charge is 0.100 e. The highest BCUT2D eigenvalue weighted by molar-refractivity contribution is 9.11. The Bertz CT molecular complexity index is 420. The number of hydrogen-bond donors (Lipinski definition) is 1. The maximum atomic E-state index is 10.5. The summed E-state index contributed by atoms with van der Waals surface area (Å²) in [5.74, 6) is 0. The van der Waals surface area contributed by atoms with Gasteiger partial charge in [0.1, 0.15) is 6.10 Å². The number of aliphatic hydroxyl groups excluding tert-OH is 1. The molecular weight excluding hydrogens is 356 g/mol. The Kier molecular flexibility index (Phi) is 5.46. The molecule has 3 heteroatoms. The van der Waals surface area contributed by atoms with Crippen molar-refractivity contribution in [2.24, 2.45) is 0 Å². The normalized spacial score (nSPS) is 21.6. The van der Waals surface area contributed by atoms with Gasteiger partial charge in [0.2, 0.25) is 0 Å². The van der Waals surface area contributed by atoms with Crippen LogP contribution in [0.15, 0.2) is 38.8 Å². The van der Waals surface area contributed by atoms with Gasteiger partial charge in [-0.2, -0.15) is 0 Å². The Labute approximate surface area is 126 Å². The minimum Gasteiger partial charge on any atom is -0.384 e. The van der Waals surface area contributed by atoms with Crippen LogP contribution in [0.25, 0.3) is 0 Å². The minimum atomic E-state index is -0.461. The van der Waals surface area contributed by atoms with Gasteiger partial charge >= 0.3 is 0 Å². The fourth-order valence-electron chi connectivity index (χ4n) is 2.41. The average Bonchev–Trinajstić information content (AvgIpc) is 2.26. The fourth-order valence-corrected chi connectivity index (χ4v) is 3.74. The summed E-state index contributed by atoms with van der Waals surface area (Å²) >= 11 is 6.95. The average molecular weight is 374 g/mol. The molecule has 0 saturated carbocycles. The molecule has 18 heavy (non-hydrogen) atoms. The minimum absolute atomic E-state index is 0.461. The Balaban J connectivity index is 2.20. The number of rotatable bonds is 2. The zero-order chi connectivity index (χ0) is 13.0. The van der Waals surface area contributed by atoms with Crippen molar-refractivity contribution in [3.63, 3.8) is 0 Å². The first-order chi connectivity index (χ1) is 8.66. The molecule has 1 atom stereocenters. The van der Waals surface area contributed by atoms with Crippen LogP contribution < -0.4 is 0 Å². The summed E-state index contributed by atoms with van der Waals surface area (Å²) in [6.45, 7) is 0. The lowest BCUT2D eigenvalue weighted by atomic mass is 9.93. The second-order valence-electron chi connectivity index (χ2n) is 4.84. The molecule has 1 N–H and O–H groups in total. The van der Waals surface area contributed by atoms with Crippen LogP contribution in [0.5, 0.6) is 0 Å². The second-order valence-corrected chi connectivity index (χ2v) is 6.67. The van der Waals surface area contributed by atoms with Crippen molar-refractivity contribution in [1.29, 1.82) is 0 Å². The van der Waals surface area contributed by atoms with Crippen molar-refractivity contribution in [2.45, 2.75) is 44.6 Å². The van der Waals surface area contributed by atoms with Crippen LogP contribution >= 0.6 is 31.9 Å². The summed E-state index contributed by atoms with van der Waals surface area (Å²) < 4.78 is 2.00. The zero-order valence-corrected chi connectivity index (χ0v) is 13.5. The molecule has 0 fully saturated rings. The molecule has 1 aliphatic carbocycles. The van der Waals surface area contributed by atoms with Crippen LogP contribution in [-0.2, 0) is 0 Å². The van der Waals surface area contributed by atoms with E-state index in [-0.39, 0.29) is 0 Å².